The van der Waals surface area contributed by atoms with Crippen molar-refractivity contribution in [3.05, 3.63) is 201 Å². The summed E-state index contributed by atoms with van der Waals surface area (Å²) in [6, 6.07) is 62.7. The molecule has 0 aliphatic heterocycles. The fourth-order valence-electron chi connectivity index (χ4n) is 8.98. The molecule has 0 atom stereocenters. The van der Waals surface area contributed by atoms with Crippen LogP contribution < -0.4 is 0 Å². The Kier molecular flexibility index (Phi) is 7.47. The van der Waals surface area contributed by atoms with Gasteiger partial charge in [-0.15, -0.1) is 0 Å². The van der Waals surface area contributed by atoms with E-state index < -0.39 is 0 Å². The zero-order valence-corrected chi connectivity index (χ0v) is 31.8. The SMILES string of the molecule is c1cncc(-c2ccc(-c3cc(-c4ccc(-n5c6ccccc6c6c7c(ccc65)-c5cccc6cccc-7c56)cc4)nc(-c4ccc(-c5cccnc5)cc4)n3)cc2)c1. The average molecular weight is 752 g/mol. The van der Waals surface area contributed by atoms with Crippen LogP contribution in [0, 0.1) is 0 Å². The van der Waals surface area contributed by atoms with Crippen LogP contribution in [0.15, 0.2) is 201 Å². The maximum atomic E-state index is 5.20. The van der Waals surface area contributed by atoms with Crippen molar-refractivity contribution in [3.8, 4) is 84.1 Å². The van der Waals surface area contributed by atoms with E-state index in [4.69, 9.17) is 9.97 Å². The molecule has 1 aliphatic carbocycles. The highest BCUT2D eigenvalue weighted by molar-refractivity contribution is 6.26. The molecule has 0 unspecified atom stereocenters. The molecule has 5 nitrogen and oxygen atoms in total. The van der Waals surface area contributed by atoms with E-state index in [0.717, 1.165) is 56.0 Å². The zero-order chi connectivity index (χ0) is 38.9. The van der Waals surface area contributed by atoms with Crippen molar-refractivity contribution in [2.75, 3.05) is 0 Å². The van der Waals surface area contributed by atoms with Gasteiger partial charge in [0.25, 0.3) is 0 Å². The Balaban J connectivity index is 0.973. The Bertz CT molecular complexity index is 3280. The molecule has 0 radical (unpaired) electrons. The van der Waals surface area contributed by atoms with Crippen molar-refractivity contribution in [2.45, 2.75) is 0 Å². The summed E-state index contributed by atoms with van der Waals surface area (Å²) < 4.78 is 2.41. The van der Waals surface area contributed by atoms with Crippen molar-refractivity contribution in [3.63, 3.8) is 0 Å². The number of rotatable bonds is 6. The van der Waals surface area contributed by atoms with Gasteiger partial charge in [0.2, 0.25) is 0 Å². The van der Waals surface area contributed by atoms with Crippen molar-refractivity contribution in [1.29, 1.82) is 0 Å². The molecule has 11 aromatic rings. The quantitative estimate of drug-likeness (QED) is 0.170. The maximum Gasteiger partial charge on any atom is 0.160 e. The lowest BCUT2D eigenvalue weighted by atomic mass is 9.98. The second kappa shape index (κ2) is 13.3. The second-order valence-corrected chi connectivity index (χ2v) is 15.1. The summed E-state index contributed by atoms with van der Waals surface area (Å²) in [6.45, 7) is 0. The average Bonchev–Trinajstić information content (AvgIpc) is 3.83. The predicted molar refractivity (Wildman–Crippen MR) is 241 cm³/mol. The minimum atomic E-state index is 0.669. The highest BCUT2D eigenvalue weighted by Crippen LogP contribution is 2.52. The van der Waals surface area contributed by atoms with Gasteiger partial charge in [-0.1, -0.05) is 133 Å². The van der Waals surface area contributed by atoms with E-state index in [1.807, 2.05) is 24.5 Å². The first kappa shape index (κ1) is 33.2. The molecule has 4 heterocycles. The maximum absolute atomic E-state index is 5.20. The van der Waals surface area contributed by atoms with Gasteiger partial charge in [0.15, 0.2) is 5.82 Å². The van der Waals surface area contributed by atoms with Gasteiger partial charge in [0, 0.05) is 63.5 Å². The van der Waals surface area contributed by atoms with Gasteiger partial charge >= 0.3 is 0 Å². The van der Waals surface area contributed by atoms with Gasteiger partial charge in [0.1, 0.15) is 0 Å². The fraction of sp³-hybridized carbons (Fsp3) is 0. The van der Waals surface area contributed by atoms with Crippen LogP contribution in [0.4, 0.5) is 0 Å². The van der Waals surface area contributed by atoms with E-state index in [0.29, 0.717) is 5.82 Å². The van der Waals surface area contributed by atoms with Crippen LogP contribution in [0.2, 0.25) is 0 Å². The third-order valence-electron chi connectivity index (χ3n) is 11.8. The molecule has 0 spiro atoms. The summed E-state index contributed by atoms with van der Waals surface area (Å²) in [5.74, 6) is 0.669. The van der Waals surface area contributed by atoms with Gasteiger partial charge in [-0.25, -0.2) is 9.97 Å². The summed E-state index contributed by atoms with van der Waals surface area (Å²) in [5, 5.41) is 5.17. The second-order valence-electron chi connectivity index (χ2n) is 15.1. The molecule has 0 fully saturated rings. The van der Waals surface area contributed by atoms with Crippen molar-refractivity contribution >= 4 is 32.6 Å². The molecule has 12 rings (SSSR count). The van der Waals surface area contributed by atoms with Crippen LogP contribution in [0.1, 0.15) is 0 Å². The van der Waals surface area contributed by atoms with Crippen LogP contribution in [0.25, 0.3) is 117 Å². The van der Waals surface area contributed by atoms with E-state index in [-0.39, 0.29) is 0 Å². The Morgan fingerprint density at radius 3 is 1.61 bits per heavy atom. The number of fused-ring (bicyclic) bond motifs is 7. The molecule has 0 saturated heterocycles. The summed E-state index contributed by atoms with van der Waals surface area (Å²) in [4.78, 5) is 19.0. The number of nitrogens with zero attached hydrogens (tertiary/aromatic N) is 5. The van der Waals surface area contributed by atoms with E-state index in [2.05, 4.69) is 178 Å². The Labute approximate surface area is 340 Å². The number of pyridine rings is 2. The molecule has 1 aliphatic rings. The highest BCUT2D eigenvalue weighted by atomic mass is 15.0. The van der Waals surface area contributed by atoms with Gasteiger partial charge in [-0.05, 0) is 92.2 Å². The van der Waals surface area contributed by atoms with Gasteiger partial charge in [-0.2, -0.15) is 0 Å². The molecule has 59 heavy (non-hydrogen) atoms. The van der Waals surface area contributed by atoms with Gasteiger partial charge in [-0.3, -0.25) is 9.97 Å². The number of aromatic nitrogens is 5. The largest absolute Gasteiger partial charge is 0.309 e. The minimum Gasteiger partial charge on any atom is -0.309 e. The molecule has 5 heteroatoms. The lowest BCUT2D eigenvalue weighted by Crippen LogP contribution is -1.97. The van der Waals surface area contributed by atoms with E-state index in [1.165, 1.54) is 54.8 Å². The number of para-hydroxylation sites is 1. The van der Waals surface area contributed by atoms with E-state index in [1.54, 1.807) is 12.4 Å². The summed E-state index contributed by atoms with van der Waals surface area (Å²) in [6.07, 6.45) is 7.36. The standard InChI is InChI=1S/C54H33N5/c1-2-14-49-45(11-1)53-50(28-27-44-43-12-3-7-38-8-4-13-46(51(38)43)52(44)53)59(49)42-25-23-37(24-26-42)48-31-47(36-19-15-34(16-20-36)40-9-5-29-55-32-40)57-54(58-48)39-21-17-35(18-22-39)41-10-6-30-56-33-41/h1-33H. The molecular weight excluding hydrogens is 719 g/mol. The first-order valence-electron chi connectivity index (χ1n) is 19.9. The van der Waals surface area contributed by atoms with Crippen LogP contribution >= 0.6 is 0 Å². The molecule has 0 bridgehead atoms. The number of hydrogen-bond acceptors (Lipinski definition) is 4. The lowest BCUT2D eigenvalue weighted by Gasteiger charge is -2.12. The summed E-state index contributed by atoms with van der Waals surface area (Å²) in [7, 11) is 0. The molecular formula is C54H33N5. The molecule has 0 amide bonds. The third kappa shape index (κ3) is 5.40. The first-order chi connectivity index (χ1) is 29.2. The monoisotopic (exact) mass is 751 g/mol. The molecule has 0 N–H and O–H groups in total. The van der Waals surface area contributed by atoms with Crippen LogP contribution in [0.5, 0.6) is 0 Å². The normalized spacial score (nSPS) is 11.7. The van der Waals surface area contributed by atoms with Crippen LogP contribution in [-0.4, -0.2) is 24.5 Å². The molecule has 0 saturated carbocycles. The van der Waals surface area contributed by atoms with Crippen molar-refractivity contribution < 1.29 is 0 Å². The Morgan fingerprint density at radius 1 is 0.373 bits per heavy atom. The topological polar surface area (TPSA) is 56.5 Å². The van der Waals surface area contributed by atoms with Gasteiger partial charge < -0.3 is 4.57 Å². The first-order valence-corrected chi connectivity index (χ1v) is 19.9. The predicted octanol–water partition coefficient (Wildman–Crippen LogP) is 13.5. The molecule has 7 aromatic carbocycles. The van der Waals surface area contributed by atoms with Crippen LogP contribution in [-0.2, 0) is 0 Å². The lowest BCUT2D eigenvalue weighted by molar-refractivity contribution is 1.17. The summed E-state index contributed by atoms with van der Waals surface area (Å²) >= 11 is 0. The molecule has 4 aromatic heterocycles. The number of benzene rings is 7. The smallest absolute Gasteiger partial charge is 0.160 e. The molecule has 274 valence electrons. The number of hydrogen-bond donors (Lipinski definition) is 0. The summed E-state index contributed by atoms with van der Waals surface area (Å²) in [5.41, 5.74) is 17.8. The minimum absolute atomic E-state index is 0.669. The van der Waals surface area contributed by atoms with E-state index in [9.17, 15) is 0 Å². The highest BCUT2D eigenvalue weighted by Gasteiger charge is 2.26. The van der Waals surface area contributed by atoms with Crippen molar-refractivity contribution in [2.24, 2.45) is 0 Å². The Hall–Kier alpha value is -8.02. The zero-order valence-electron chi connectivity index (χ0n) is 31.8. The van der Waals surface area contributed by atoms with Crippen LogP contribution in [0.3, 0.4) is 0 Å². The Morgan fingerprint density at radius 2 is 0.966 bits per heavy atom. The fourth-order valence-corrected chi connectivity index (χ4v) is 8.98. The van der Waals surface area contributed by atoms with E-state index >= 15 is 0 Å². The van der Waals surface area contributed by atoms with Crippen molar-refractivity contribution in [1.82, 2.24) is 24.5 Å². The third-order valence-corrected chi connectivity index (χ3v) is 11.8. The van der Waals surface area contributed by atoms with Gasteiger partial charge in [0.05, 0.1) is 22.4 Å².